The van der Waals surface area contributed by atoms with E-state index in [9.17, 15) is 18.0 Å². The molecular formula is C16H13F3N2OS. The van der Waals surface area contributed by atoms with Crippen molar-refractivity contribution in [1.82, 2.24) is 10.6 Å². The first kappa shape index (κ1) is 17.0. The molecule has 0 aliphatic heterocycles. The Morgan fingerprint density at radius 1 is 0.957 bits per heavy atom. The van der Waals surface area contributed by atoms with Gasteiger partial charge in [-0.3, -0.25) is 10.1 Å². The molecule has 0 heterocycles. The second kappa shape index (κ2) is 7.23. The fourth-order valence-electron chi connectivity index (χ4n) is 1.93. The zero-order chi connectivity index (χ0) is 16.9. The van der Waals surface area contributed by atoms with Crippen molar-refractivity contribution in [2.24, 2.45) is 0 Å². The Bertz CT molecular complexity index is 675. The number of benzene rings is 2. The number of halogens is 3. The molecule has 2 N–H and O–H groups in total. The van der Waals surface area contributed by atoms with E-state index in [1.165, 1.54) is 36.4 Å². The van der Waals surface area contributed by atoms with Crippen molar-refractivity contribution in [3.05, 3.63) is 71.8 Å². The lowest BCUT2D eigenvalue weighted by Crippen LogP contribution is -2.45. The summed E-state index contributed by atoms with van der Waals surface area (Å²) in [6, 6.07) is 13.4. The van der Waals surface area contributed by atoms with E-state index in [0.717, 1.165) is 0 Å². The maximum Gasteiger partial charge on any atom is 0.412 e. The number of thiocarbonyl (C=S) groups is 1. The summed E-state index contributed by atoms with van der Waals surface area (Å²) in [7, 11) is 0. The van der Waals surface area contributed by atoms with Gasteiger partial charge in [0.1, 0.15) is 6.04 Å². The molecule has 0 aliphatic carbocycles. The van der Waals surface area contributed by atoms with Crippen LogP contribution in [0.3, 0.4) is 0 Å². The summed E-state index contributed by atoms with van der Waals surface area (Å²) in [4.78, 5) is 11.9. The molecular weight excluding hydrogens is 325 g/mol. The van der Waals surface area contributed by atoms with Crippen molar-refractivity contribution in [2.75, 3.05) is 0 Å². The predicted molar refractivity (Wildman–Crippen MR) is 84.9 cm³/mol. The molecule has 1 atom stereocenters. The van der Waals surface area contributed by atoms with Crippen LogP contribution in [0.25, 0.3) is 0 Å². The second-order valence-corrected chi connectivity index (χ2v) is 5.09. The van der Waals surface area contributed by atoms with Crippen LogP contribution < -0.4 is 10.6 Å². The van der Waals surface area contributed by atoms with E-state index in [0.29, 0.717) is 5.56 Å². The van der Waals surface area contributed by atoms with Crippen LogP contribution in [-0.2, 0) is 0 Å². The van der Waals surface area contributed by atoms with Crippen molar-refractivity contribution >= 4 is 23.2 Å². The molecule has 0 fully saturated rings. The van der Waals surface area contributed by atoms with Crippen LogP contribution in [0.2, 0.25) is 0 Å². The molecule has 0 bridgehead atoms. The van der Waals surface area contributed by atoms with E-state index >= 15 is 0 Å². The lowest BCUT2D eigenvalue weighted by Gasteiger charge is -2.23. The second-order valence-electron chi connectivity index (χ2n) is 4.68. The number of amides is 1. The number of carbonyl (C=O) groups excluding carboxylic acids is 1. The summed E-state index contributed by atoms with van der Waals surface area (Å²) < 4.78 is 39.6. The third-order valence-corrected chi connectivity index (χ3v) is 3.22. The van der Waals surface area contributed by atoms with Crippen LogP contribution in [0.15, 0.2) is 60.7 Å². The first-order valence-electron chi connectivity index (χ1n) is 6.66. The predicted octanol–water partition coefficient (Wildman–Crippen LogP) is 3.59. The van der Waals surface area contributed by atoms with Gasteiger partial charge < -0.3 is 5.32 Å². The summed E-state index contributed by atoms with van der Waals surface area (Å²) in [5, 5.41) is 4.01. The molecule has 1 amide bonds. The quantitative estimate of drug-likeness (QED) is 0.841. The molecule has 2 aromatic rings. The smallest absolute Gasteiger partial charge is 0.347 e. The molecule has 2 rings (SSSR count). The first-order valence-corrected chi connectivity index (χ1v) is 7.07. The monoisotopic (exact) mass is 338 g/mol. The summed E-state index contributed by atoms with van der Waals surface area (Å²) in [5.74, 6) is -0.572. The van der Waals surface area contributed by atoms with Gasteiger partial charge in [-0.25, -0.2) is 0 Å². The molecule has 2 aromatic carbocycles. The average Bonchev–Trinajstić information content (AvgIpc) is 2.53. The van der Waals surface area contributed by atoms with Gasteiger partial charge in [-0.05, 0) is 29.9 Å². The fourth-order valence-corrected chi connectivity index (χ4v) is 2.14. The normalized spacial score (nSPS) is 12.3. The summed E-state index contributed by atoms with van der Waals surface area (Å²) >= 11 is 4.83. The molecule has 0 aromatic heterocycles. The molecule has 1 unspecified atom stereocenters. The Morgan fingerprint density at radius 2 is 1.48 bits per heavy atom. The molecule has 3 nitrogen and oxygen atoms in total. The Kier molecular flexibility index (Phi) is 5.33. The van der Waals surface area contributed by atoms with E-state index in [-0.39, 0.29) is 10.7 Å². The van der Waals surface area contributed by atoms with Gasteiger partial charge in [-0.2, -0.15) is 13.2 Å². The molecule has 7 heteroatoms. The van der Waals surface area contributed by atoms with E-state index in [4.69, 9.17) is 12.2 Å². The fraction of sp³-hybridized carbons (Fsp3) is 0.125. The van der Waals surface area contributed by atoms with Crippen LogP contribution in [0, 0.1) is 0 Å². The first-order chi connectivity index (χ1) is 10.9. The maximum absolute atomic E-state index is 13.2. The van der Waals surface area contributed by atoms with Crippen LogP contribution in [-0.4, -0.2) is 17.2 Å². The minimum atomic E-state index is -4.55. The molecule has 0 spiro atoms. The van der Waals surface area contributed by atoms with Crippen LogP contribution >= 0.6 is 12.2 Å². The maximum atomic E-state index is 13.2. The highest BCUT2D eigenvalue weighted by Crippen LogP contribution is 2.32. The average molecular weight is 338 g/mol. The number of rotatable bonds is 3. The summed E-state index contributed by atoms with van der Waals surface area (Å²) in [6.07, 6.45) is -4.55. The molecule has 0 aliphatic rings. The Hall–Kier alpha value is -2.41. The van der Waals surface area contributed by atoms with Crippen molar-refractivity contribution in [3.63, 3.8) is 0 Å². The highest BCUT2D eigenvalue weighted by atomic mass is 32.1. The lowest BCUT2D eigenvalue weighted by molar-refractivity contribution is -0.153. The molecule has 0 saturated carbocycles. The van der Waals surface area contributed by atoms with Gasteiger partial charge in [-0.1, -0.05) is 48.5 Å². The molecule has 23 heavy (non-hydrogen) atoms. The zero-order valence-electron chi connectivity index (χ0n) is 11.8. The Labute approximate surface area is 136 Å². The van der Waals surface area contributed by atoms with Crippen molar-refractivity contribution < 1.29 is 18.0 Å². The minimum absolute atomic E-state index is 0.0105. The summed E-state index contributed by atoms with van der Waals surface area (Å²) in [6.45, 7) is 0. The van der Waals surface area contributed by atoms with E-state index in [2.05, 4.69) is 10.6 Å². The van der Waals surface area contributed by atoms with Crippen molar-refractivity contribution in [3.8, 4) is 0 Å². The number of nitrogens with one attached hydrogen (secondary N) is 2. The summed E-state index contributed by atoms with van der Waals surface area (Å²) in [5.41, 5.74) is 0.316. The van der Waals surface area contributed by atoms with Gasteiger partial charge in [0.05, 0.1) is 0 Å². The number of hydrogen-bond donors (Lipinski definition) is 2. The van der Waals surface area contributed by atoms with E-state index < -0.39 is 18.1 Å². The molecule has 0 saturated heterocycles. The van der Waals surface area contributed by atoms with Gasteiger partial charge in [0, 0.05) is 5.56 Å². The van der Waals surface area contributed by atoms with Crippen molar-refractivity contribution in [2.45, 2.75) is 12.2 Å². The van der Waals surface area contributed by atoms with Gasteiger partial charge in [-0.15, -0.1) is 0 Å². The van der Waals surface area contributed by atoms with E-state index in [1.807, 2.05) is 0 Å². The van der Waals surface area contributed by atoms with Gasteiger partial charge >= 0.3 is 6.18 Å². The SMILES string of the molecule is O=C(NC(=S)NC(c1ccccc1)C(F)(F)F)c1ccccc1. The highest BCUT2D eigenvalue weighted by Gasteiger charge is 2.41. The van der Waals surface area contributed by atoms with Crippen LogP contribution in [0.1, 0.15) is 22.0 Å². The largest absolute Gasteiger partial charge is 0.412 e. The number of hydrogen-bond acceptors (Lipinski definition) is 2. The topological polar surface area (TPSA) is 41.1 Å². The molecule has 0 radical (unpaired) electrons. The lowest BCUT2D eigenvalue weighted by atomic mass is 10.1. The zero-order valence-corrected chi connectivity index (χ0v) is 12.6. The van der Waals surface area contributed by atoms with Crippen LogP contribution in [0.5, 0.6) is 0 Å². The number of carbonyl (C=O) groups is 1. The Balaban J connectivity index is 2.08. The third kappa shape index (κ3) is 4.79. The van der Waals surface area contributed by atoms with Crippen LogP contribution in [0.4, 0.5) is 13.2 Å². The standard InChI is InChI=1S/C16H13F3N2OS/c17-16(18,19)13(11-7-3-1-4-8-11)20-15(23)21-14(22)12-9-5-2-6-10-12/h1-10,13H,(H2,20,21,22,23). The number of alkyl halides is 3. The Morgan fingerprint density at radius 3 is 2.00 bits per heavy atom. The third-order valence-electron chi connectivity index (χ3n) is 3.00. The van der Waals surface area contributed by atoms with Gasteiger partial charge in [0.25, 0.3) is 5.91 Å². The van der Waals surface area contributed by atoms with E-state index in [1.54, 1.807) is 24.3 Å². The molecule has 120 valence electrons. The van der Waals surface area contributed by atoms with Crippen molar-refractivity contribution in [1.29, 1.82) is 0 Å². The minimum Gasteiger partial charge on any atom is -0.347 e. The van der Waals surface area contributed by atoms with Gasteiger partial charge in [0.15, 0.2) is 5.11 Å². The highest BCUT2D eigenvalue weighted by molar-refractivity contribution is 7.80. The van der Waals surface area contributed by atoms with Gasteiger partial charge in [0.2, 0.25) is 0 Å².